The second kappa shape index (κ2) is 9.28. The molecular weight excluding hydrogens is 383 g/mol. The van der Waals surface area contributed by atoms with Crippen LogP contribution < -0.4 is 10.1 Å². The lowest BCUT2D eigenvalue weighted by atomic mass is 10.2. The first-order chi connectivity index (χ1) is 13.8. The van der Waals surface area contributed by atoms with Gasteiger partial charge in [0.15, 0.2) is 0 Å². The molecule has 3 rings (SSSR count). The number of halogens is 3. The fourth-order valence-corrected chi connectivity index (χ4v) is 3.24. The molecule has 29 heavy (non-hydrogen) atoms. The molecule has 1 heterocycles. The predicted molar refractivity (Wildman–Crippen MR) is 105 cm³/mol. The molecule has 0 saturated carbocycles. The van der Waals surface area contributed by atoms with E-state index in [9.17, 15) is 18.0 Å². The van der Waals surface area contributed by atoms with E-state index in [1.807, 2.05) is 29.2 Å². The molecule has 1 amide bonds. The quantitative estimate of drug-likeness (QED) is 0.797. The average molecular weight is 407 g/mol. The van der Waals surface area contributed by atoms with E-state index < -0.39 is 11.7 Å². The van der Waals surface area contributed by atoms with Crippen LogP contribution in [0.4, 0.5) is 18.9 Å². The molecule has 1 saturated heterocycles. The van der Waals surface area contributed by atoms with Crippen molar-refractivity contribution in [2.45, 2.75) is 12.7 Å². The lowest BCUT2D eigenvalue weighted by Gasteiger charge is -2.34. The average Bonchev–Trinajstić information content (AvgIpc) is 2.70. The molecule has 1 N–H and O–H groups in total. The van der Waals surface area contributed by atoms with Gasteiger partial charge in [0.1, 0.15) is 5.75 Å². The highest BCUT2D eigenvalue weighted by Gasteiger charge is 2.30. The molecule has 0 bridgehead atoms. The molecule has 1 fully saturated rings. The minimum absolute atomic E-state index is 0.220. The number of carbonyl (C=O) groups excluding carboxylic acids is 1. The third-order valence-corrected chi connectivity index (χ3v) is 4.89. The lowest BCUT2D eigenvalue weighted by Crippen LogP contribution is -2.48. The topological polar surface area (TPSA) is 44.8 Å². The summed E-state index contributed by atoms with van der Waals surface area (Å²) in [6, 6.07) is 12.4. The summed E-state index contributed by atoms with van der Waals surface area (Å²) >= 11 is 0. The number of piperazine rings is 1. The Balaban J connectivity index is 1.42. The minimum atomic E-state index is -4.38. The largest absolute Gasteiger partial charge is 0.497 e. The van der Waals surface area contributed by atoms with Gasteiger partial charge in [-0.25, -0.2) is 0 Å². The van der Waals surface area contributed by atoms with Gasteiger partial charge in [0.25, 0.3) is 0 Å². The van der Waals surface area contributed by atoms with Crippen molar-refractivity contribution in [3.8, 4) is 5.75 Å². The van der Waals surface area contributed by atoms with E-state index in [-0.39, 0.29) is 12.5 Å². The van der Waals surface area contributed by atoms with Crippen LogP contribution in [0.25, 0.3) is 0 Å². The molecule has 0 radical (unpaired) electrons. The third-order valence-electron chi connectivity index (χ3n) is 4.89. The highest BCUT2D eigenvalue weighted by Crippen LogP contribution is 2.29. The number of anilines is 1. The molecule has 2 aromatic rings. The van der Waals surface area contributed by atoms with Gasteiger partial charge in [0.05, 0.1) is 19.2 Å². The summed E-state index contributed by atoms with van der Waals surface area (Å²) in [5.74, 6) is 0.603. The summed E-state index contributed by atoms with van der Waals surface area (Å²) in [7, 11) is 1.64. The van der Waals surface area contributed by atoms with Gasteiger partial charge in [-0.1, -0.05) is 12.1 Å². The molecule has 0 atom stereocenters. The normalized spacial score (nSPS) is 15.9. The van der Waals surface area contributed by atoms with Crippen molar-refractivity contribution in [3.63, 3.8) is 0 Å². The van der Waals surface area contributed by atoms with Gasteiger partial charge >= 0.3 is 6.18 Å². The van der Waals surface area contributed by atoms with Crippen LogP contribution in [-0.2, 0) is 17.5 Å². The molecule has 1 aliphatic rings. The smallest absolute Gasteiger partial charge is 0.416 e. The predicted octanol–water partition coefficient (Wildman–Crippen LogP) is 3.47. The van der Waals surface area contributed by atoms with Crippen LogP contribution >= 0.6 is 0 Å². The summed E-state index contributed by atoms with van der Waals surface area (Å²) in [5, 5.41) is 2.66. The number of nitrogens with one attached hydrogen (secondary N) is 1. The fraction of sp³-hybridized carbons (Fsp3) is 0.381. The van der Waals surface area contributed by atoms with Gasteiger partial charge in [-0.3, -0.25) is 14.6 Å². The van der Waals surface area contributed by atoms with Crippen molar-refractivity contribution >= 4 is 11.6 Å². The van der Waals surface area contributed by atoms with Crippen LogP contribution in [0.1, 0.15) is 11.1 Å². The van der Waals surface area contributed by atoms with Crippen LogP contribution in [0, 0.1) is 0 Å². The highest BCUT2D eigenvalue weighted by molar-refractivity contribution is 5.92. The van der Waals surface area contributed by atoms with Crippen LogP contribution in [0.15, 0.2) is 48.5 Å². The number of nitrogens with zero attached hydrogens (tertiary/aromatic N) is 2. The third kappa shape index (κ3) is 6.20. The number of benzene rings is 2. The van der Waals surface area contributed by atoms with E-state index in [1.54, 1.807) is 7.11 Å². The van der Waals surface area contributed by atoms with Crippen molar-refractivity contribution in [2.24, 2.45) is 0 Å². The standard InChI is InChI=1S/C21H24F3N3O2/c1-29-19-8-2-16(3-9-19)14-26-10-12-27(13-11-26)15-20(28)25-18-6-4-17(5-7-18)21(22,23)24/h2-9H,10-15H2,1H3,(H,25,28). The molecule has 8 heteroatoms. The number of carbonyl (C=O) groups is 1. The molecule has 5 nitrogen and oxygen atoms in total. The van der Waals surface area contributed by atoms with E-state index in [2.05, 4.69) is 10.2 Å². The summed E-state index contributed by atoms with van der Waals surface area (Å²) in [6.07, 6.45) is -4.38. The van der Waals surface area contributed by atoms with E-state index in [0.29, 0.717) is 5.69 Å². The Labute approximate surface area is 168 Å². The molecule has 0 unspecified atom stereocenters. The van der Waals surface area contributed by atoms with Gasteiger partial charge in [-0.15, -0.1) is 0 Å². The van der Waals surface area contributed by atoms with Crippen molar-refractivity contribution in [2.75, 3.05) is 45.2 Å². The van der Waals surface area contributed by atoms with Gasteiger partial charge in [-0.2, -0.15) is 13.2 Å². The SMILES string of the molecule is COc1ccc(CN2CCN(CC(=O)Nc3ccc(C(F)(F)F)cc3)CC2)cc1. The van der Waals surface area contributed by atoms with E-state index in [4.69, 9.17) is 4.74 Å². The Bertz CT molecular complexity index is 799. The van der Waals surface area contributed by atoms with Crippen LogP contribution in [-0.4, -0.2) is 55.5 Å². The summed E-state index contributed by atoms with van der Waals surface area (Å²) in [6.45, 7) is 4.28. The van der Waals surface area contributed by atoms with E-state index in [0.717, 1.165) is 50.6 Å². The number of alkyl halides is 3. The molecule has 156 valence electrons. The van der Waals surface area contributed by atoms with Gasteiger partial charge in [-0.05, 0) is 42.0 Å². The number of hydrogen-bond donors (Lipinski definition) is 1. The second-order valence-electron chi connectivity index (χ2n) is 7.02. The Morgan fingerprint density at radius 2 is 1.55 bits per heavy atom. The monoisotopic (exact) mass is 407 g/mol. The zero-order valence-electron chi connectivity index (χ0n) is 16.2. The van der Waals surface area contributed by atoms with Crippen LogP contribution in [0.5, 0.6) is 5.75 Å². The summed E-state index contributed by atoms with van der Waals surface area (Å²) < 4.78 is 42.9. The number of rotatable bonds is 6. The first-order valence-electron chi connectivity index (χ1n) is 9.38. The Kier molecular flexibility index (Phi) is 6.76. The Hall–Kier alpha value is -2.58. The molecule has 0 spiro atoms. The van der Waals surface area contributed by atoms with Crippen molar-refractivity contribution in [3.05, 3.63) is 59.7 Å². The van der Waals surface area contributed by atoms with Crippen LogP contribution in [0.2, 0.25) is 0 Å². The second-order valence-corrected chi connectivity index (χ2v) is 7.02. The first-order valence-corrected chi connectivity index (χ1v) is 9.38. The fourth-order valence-electron chi connectivity index (χ4n) is 3.24. The molecule has 0 aliphatic carbocycles. The molecule has 0 aromatic heterocycles. The first kappa shape index (κ1) is 21.1. The maximum Gasteiger partial charge on any atom is 0.416 e. The number of ether oxygens (including phenoxy) is 1. The van der Waals surface area contributed by atoms with E-state index >= 15 is 0 Å². The minimum Gasteiger partial charge on any atom is -0.497 e. The highest BCUT2D eigenvalue weighted by atomic mass is 19.4. The molecule has 1 aliphatic heterocycles. The number of amides is 1. The molecular formula is C21H24F3N3O2. The maximum absolute atomic E-state index is 12.6. The number of hydrogen-bond acceptors (Lipinski definition) is 4. The Morgan fingerprint density at radius 1 is 0.966 bits per heavy atom. The summed E-state index contributed by atoms with van der Waals surface area (Å²) in [5.41, 5.74) is 0.837. The van der Waals surface area contributed by atoms with Gasteiger partial charge in [0, 0.05) is 38.4 Å². The Morgan fingerprint density at radius 3 is 2.10 bits per heavy atom. The number of methoxy groups -OCH3 is 1. The van der Waals surface area contributed by atoms with Crippen molar-refractivity contribution in [1.82, 2.24) is 9.80 Å². The van der Waals surface area contributed by atoms with E-state index in [1.165, 1.54) is 17.7 Å². The summed E-state index contributed by atoms with van der Waals surface area (Å²) in [4.78, 5) is 16.6. The zero-order valence-corrected chi connectivity index (χ0v) is 16.2. The van der Waals surface area contributed by atoms with Crippen molar-refractivity contribution < 1.29 is 22.7 Å². The van der Waals surface area contributed by atoms with Gasteiger partial charge in [0.2, 0.25) is 5.91 Å². The molecule has 2 aromatic carbocycles. The lowest BCUT2D eigenvalue weighted by molar-refractivity contribution is -0.137. The zero-order chi connectivity index (χ0) is 20.9. The maximum atomic E-state index is 12.6. The van der Waals surface area contributed by atoms with Gasteiger partial charge < -0.3 is 10.1 Å². The van der Waals surface area contributed by atoms with Crippen molar-refractivity contribution in [1.29, 1.82) is 0 Å². The van der Waals surface area contributed by atoms with Crippen LogP contribution in [0.3, 0.4) is 0 Å².